The Kier molecular flexibility index (Phi) is 2.14. The number of rotatable bonds is 1. The van der Waals surface area contributed by atoms with Gasteiger partial charge >= 0.3 is 5.97 Å². The van der Waals surface area contributed by atoms with Gasteiger partial charge in [0, 0.05) is 0 Å². The van der Waals surface area contributed by atoms with Gasteiger partial charge in [-0.2, -0.15) is 0 Å². The highest BCUT2D eigenvalue weighted by atomic mass is 16.4. The van der Waals surface area contributed by atoms with E-state index in [-0.39, 0.29) is 11.3 Å². The molecule has 11 heavy (non-hydrogen) atoms. The van der Waals surface area contributed by atoms with Crippen LogP contribution in [-0.2, 0) is 4.79 Å². The van der Waals surface area contributed by atoms with E-state index in [9.17, 15) is 4.79 Å². The fraction of sp³-hybridized carbons (Fsp3) is 0.571. The molecule has 4 nitrogen and oxygen atoms in total. The summed E-state index contributed by atoms with van der Waals surface area (Å²) in [5, 5.41) is 26.6. The van der Waals surface area contributed by atoms with Crippen molar-refractivity contribution in [2.75, 3.05) is 0 Å². The number of aliphatic carboxylic acids is 1. The quantitative estimate of drug-likeness (QED) is 0.517. The predicted octanol–water partition coefficient (Wildman–Crippen LogP) is 0.428. The van der Waals surface area contributed by atoms with E-state index in [4.69, 9.17) is 15.3 Å². The molecule has 4 heteroatoms. The molecule has 0 radical (unpaired) electrons. The highest BCUT2D eigenvalue weighted by molar-refractivity contribution is 5.87. The summed E-state index contributed by atoms with van der Waals surface area (Å²) >= 11 is 0. The fourth-order valence-electron chi connectivity index (χ4n) is 1.15. The van der Waals surface area contributed by atoms with E-state index in [1.165, 1.54) is 0 Å². The molecular weight excluding hydrogens is 148 g/mol. The van der Waals surface area contributed by atoms with Crippen molar-refractivity contribution >= 4 is 5.97 Å². The van der Waals surface area contributed by atoms with Crippen LogP contribution in [0.25, 0.3) is 0 Å². The zero-order valence-electron chi connectivity index (χ0n) is 5.95. The van der Waals surface area contributed by atoms with Crippen molar-refractivity contribution in [3.8, 4) is 0 Å². The van der Waals surface area contributed by atoms with Crippen molar-refractivity contribution in [1.82, 2.24) is 0 Å². The molecule has 0 aromatic heterocycles. The topological polar surface area (TPSA) is 77.8 Å². The Hall–Kier alpha value is -1.03. The lowest BCUT2D eigenvalue weighted by molar-refractivity contribution is -0.133. The lowest BCUT2D eigenvalue weighted by Gasteiger charge is -2.17. The lowest BCUT2D eigenvalue weighted by Crippen LogP contribution is -2.20. The maximum atomic E-state index is 10.4. The maximum Gasteiger partial charge on any atom is 0.335 e. The van der Waals surface area contributed by atoms with Crippen LogP contribution in [0.2, 0.25) is 0 Å². The molecule has 0 bridgehead atoms. The SMILES string of the molecule is O=C(O)C1=C(O)C(O)CCC1. The van der Waals surface area contributed by atoms with Crippen LogP contribution in [0.4, 0.5) is 0 Å². The fourth-order valence-corrected chi connectivity index (χ4v) is 1.15. The first-order chi connectivity index (χ1) is 5.13. The van der Waals surface area contributed by atoms with Crippen LogP contribution in [0.3, 0.4) is 0 Å². The molecule has 0 spiro atoms. The van der Waals surface area contributed by atoms with Gasteiger partial charge in [0.2, 0.25) is 0 Å². The average Bonchev–Trinajstić information content (AvgIpc) is 1.94. The summed E-state index contributed by atoms with van der Waals surface area (Å²) in [6.45, 7) is 0. The van der Waals surface area contributed by atoms with Crippen molar-refractivity contribution in [2.45, 2.75) is 25.4 Å². The molecule has 1 aliphatic rings. The van der Waals surface area contributed by atoms with Crippen molar-refractivity contribution in [3.05, 3.63) is 11.3 Å². The van der Waals surface area contributed by atoms with Gasteiger partial charge < -0.3 is 15.3 Å². The first kappa shape index (κ1) is 8.07. The molecule has 0 aliphatic heterocycles. The van der Waals surface area contributed by atoms with E-state index in [0.29, 0.717) is 19.3 Å². The second-order valence-electron chi connectivity index (χ2n) is 2.58. The number of hydrogen-bond acceptors (Lipinski definition) is 3. The molecule has 62 valence electrons. The molecule has 1 rings (SSSR count). The number of carboxylic acids is 1. The second kappa shape index (κ2) is 2.92. The summed E-state index contributed by atoms with van der Waals surface area (Å²) in [7, 11) is 0. The van der Waals surface area contributed by atoms with E-state index in [1.54, 1.807) is 0 Å². The smallest absolute Gasteiger partial charge is 0.335 e. The largest absolute Gasteiger partial charge is 0.509 e. The first-order valence-corrected chi connectivity index (χ1v) is 3.46. The number of carboxylic acid groups (broad SMARTS) is 1. The van der Waals surface area contributed by atoms with E-state index in [2.05, 4.69) is 0 Å². The molecule has 0 heterocycles. The Morgan fingerprint density at radius 2 is 2.18 bits per heavy atom. The maximum absolute atomic E-state index is 10.4. The highest BCUT2D eigenvalue weighted by Crippen LogP contribution is 2.23. The van der Waals surface area contributed by atoms with Crippen LogP contribution >= 0.6 is 0 Å². The van der Waals surface area contributed by atoms with E-state index >= 15 is 0 Å². The average molecular weight is 158 g/mol. The van der Waals surface area contributed by atoms with Crippen LogP contribution < -0.4 is 0 Å². The monoisotopic (exact) mass is 158 g/mol. The Balaban J connectivity index is 2.89. The number of carbonyl (C=O) groups is 1. The molecule has 1 unspecified atom stereocenters. The van der Waals surface area contributed by atoms with Crippen LogP contribution in [0, 0.1) is 0 Å². The van der Waals surface area contributed by atoms with E-state index in [0.717, 1.165) is 0 Å². The summed E-state index contributed by atoms with van der Waals surface area (Å²) in [5.74, 6) is -1.51. The third-order valence-electron chi connectivity index (χ3n) is 1.79. The zero-order valence-corrected chi connectivity index (χ0v) is 5.95. The van der Waals surface area contributed by atoms with Crippen molar-refractivity contribution in [3.63, 3.8) is 0 Å². The van der Waals surface area contributed by atoms with Gasteiger partial charge in [0.15, 0.2) is 0 Å². The Morgan fingerprint density at radius 1 is 1.55 bits per heavy atom. The van der Waals surface area contributed by atoms with Gasteiger partial charge in [0.1, 0.15) is 11.9 Å². The van der Waals surface area contributed by atoms with Gasteiger partial charge in [-0.15, -0.1) is 0 Å². The highest BCUT2D eigenvalue weighted by Gasteiger charge is 2.24. The molecule has 0 aromatic carbocycles. The Labute approximate surface area is 63.8 Å². The molecule has 3 N–H and O–H groups in total. The summed E-state index contributed by atoms with van der Waals surface area (Å²) in [5.41, 5.74) is -0.0521. The summed E-state index contributed by atoms with van der Waals surface area (Å²) < 4.78 is 0. The van der Waals surface area contributed by atoms with Gasteiger partial charge in [0.05, 0.1) is 5.57 Å². The normalized spacial score (nSPS) is 25.4. The van der Waals surface area contributed by atoms with Crippen molar-refractivity contribution in [2.24, 2.45) is 0 Å². The van der Waals surface area contributed by atoms with Gasteiger partial charge in [-0.3, -0.25) is 0 Å². The standard InChI is InChI=1S/C7H10O4/c8-5-3-1-2-4(6(5)9)7(10)11/h5,8-9H,1-3H2,(H,10,11). The minimum absolute atomic E-state index is 0.0521. The summed E-state index contributed by atoms with van der Waals surface area (Å²) in [6.07, 6.45) is 0.433. The Morgan fingerprint density at radius 3 is 2.64 bits per heavy atom. The second-order valence-corrected chi connectivity index (χ2v) is 2.58. The van der Waals surface area contributed by atoms with E-state index in [1.807, 2.05) is 0 Å². The first-order valence-electron chi connectivity index (χ1n) is 3.46. The van der Waals surface area contributed by atoms with E-state index < -0.39 is 12.1 Å². The molecular formula is C7H10O4. The molecule has 0 fully saturated rings. The van der Waals surface area contributed by atoms with Crippen LogP contribution in [0.15, 0.2) is 11.3 Å². The number of hydrogen-bond donors (Lipinski definition) is 3. The molecule has 0 saturated heterocycles. The van der Waals surface area contributed by atoms with Crippen LogP contribution in [0.5, 0.6) is 0 Å². The predicted molar refractivity (Wildman–Crippen MR) is 37.1 cm³/mol. The lowest BCUT2D eigenvalue weighted by atomic mass is 9.96. The minimum Gasteiger partial charge on any atom is -0.509 e. The molecule has 1 aliphatic carbocycles. The minimum atomic E-state index is -1.14. The van der Waals surface area contributed by atoms with Crippen LogP contribution in [-0.4, -0.2) is 27.4 Å². The Bertz CT molecular complexity index is 206. The van der Waals surface area contributed by atoms with Crippen LogP contribution in [0.1, 0.15) is 19.3 Å². The van der Waals surface area contributed by atoms with Gasteiger partial charge in [0.25, 0.3) is 0 Å². The molecule has 1 atom stereocenters. The molecule has 0 amide bonds. The van der Waals surface area contributed by atoms with Gasteiger partial charge in [-0.1, -0.05) is 0 Å². The van der Waals surface area contributed by atoms with Gasteiger partial charge in [-0.05, 0) is 19.3 Å². The molecule has 0 saturated carbocycles. The summed E-state index contributed by atoms with van der Waals surface area (Å²) in [4.78, 5) is 10.4. The summed E-state index contributed by atoms with van der Waals surface area (Å²) in [6, 6.07) is 0. The number of aliphatic hydroxyl groups is 2. The van der Waals surface area contributed by atoms with Gasteiger partial charge in [-0.25, -0.2) is 4.79 Å². The number of aliphatic hydroxyl groups excluding tert-OH is 2. The zero-order chi connectivity index (χ0) is 8.43. The van der Waals surface area contributed by atoms with Crippen molar-refractivity contribution in [1.29, 1.82) is 0 Å². The molecule has 0 aromatic rings. The third kappa shape index (κ3) is 1.51. The third-order valence-corrected chi connectivity index (χ3v) is 1.79. The van der Waals surface area contributed by atoms with Crippen molar-refractivity contribution < 1.29 is 20.1 Å².